The van der Waals surface area contributed by atoms with Gasteiger partial charge in [0.05, 0.1) is 5.69 Å². The minimum Gasteiger partial charge on any atom is -0.369 e. The van der Waals surface area contributed by atoms with Gasteiger partial charge < -0.3 is 5.73 Å². The third kappa shape index (κ3) is 4.88. The molecule has 0 bridgehead atoms. The van der Waals surface area contributed by atoms with Crippen LogP contribution in [-0.4, -0.2) is 15.9 Å². The SMILES string of the molecule is Cc1cc(C)nc(NC(N)=Nc2ccc(Cc3ccccc3)cc2)n1. The molecule has 3 rings (SSSR count). The predicted octanol–water partition coefficient (Wildman–Crippen LogP) is 3.74. The van der Waals surface area contributed by atoms with Gasteiger partial charge in [0.15, 0.2) is 0 Å². The Morgan fingerprint density at radius 1 is 0.920 bits per heavy atom. The second-order valence-electron chi connectivity index (χ2n) is 5.93. The summed E-state index contributed by atoms with van der Waals surface area (Å²) in [6, 6.07) is 20.3. The number of aromatic nitrogens is 2. The molecule has 0 aliphatic rings. The molecule has 0 unspecified atom stereocenters. The quantitative estimate of drug-likeness (QED) is 0.564. The minimum absolute atomic E-state index is 0.265. The summed E-state index contributed by atoms with van der Waals surface area (Å²) >= 11 is 0. The van der Waals surface area contributed by atoms with Gasteiger partial charge in [0.1, 0.15) is 0 Å². The van der Waals surface area contributed by atoms with E-state index in [1.54, 1.807) is 0 Å². The highest BCUT2D eigenvalue weighted by molar-refractivity contribution is 5.92. The molecule has 3 aromatic rings. The predicted molar refractivity (Wildman–Crippen MR) is 102 cm³/mol. The zero-order valence-electron chi connectivity index (χ0n) is 14.4. The maximum absolute atomic E-state index is 5.96. The second-order valence-corrected chi connectivity index (χ2v) is 5.93. The Morgan fingerprint density at radius 2 is 1.52 bits per heavy atom. The molecule has 3 N–H and O–H groups in total. The molecular weight excluding hydrogens is 310 g/mol. The highest BCUT2D eigenvalue weighted by atomic mass is 15.2. The summed E-state index contributed by atoms with van der Waals surface area (Å²) in [5, 5.41) is 2.93. The van der Waals surface area contributed by atoms with Crippen LogP contribution < -0.4 is 11.1 Å². The van der Waals surface area contributed by atoms with E-state index in [-0.39, 0.29) is 5.96 Å². The molecular formula is C20H21N5. The van der Waals surface area contributed by atoms with Crippen molar-refractivity contribution in [2.45, 2.75) is 20.3 Å². The molecule has 0 aliphatic heterocycles. The molecule has 0 radical (unpaired) electrons. The average molecular weight is 331 g/mol. The van der Waals surface area contributed by atoms with E-state index in [0.29, 0.717) is 5.95 Å². The van der Waals surface area contributed by atoms with E-state index >= 15 is 0 Å². The van der Waals surface area contributed by atoms with Crippen molar-refractivity contribution in [3.05, 3.63) is 83.2 Å². The summed E-state index contributed by atoms with van der Waals surface area (Å²) in [5.41, 5.74) is 11.0. The fourth-order valence-electron chi connectivity index (χ4n) is 2.58. The van der Waals surface area contributed by atoms with Crippen LogP contribution in [0.3, 0.4) is 0 Å². The zero-order valence-corrected chi connectivity index (χ0v) is 14.4. The second kappa shape index (κ2) is 7.57. The fraction of sp³-hybridized carbons (Fsp3) is 0.150. The molecule has 1 aromatic heterocycles. The number of rotatable bonds is 4. The molecule has 0 saturated carbocycles. The topological polar surface area (TPSA) is 76.2 Å². The first-order valence-corrected chi connectivity index (χ1v) is 8.15. The lowest BCUT2D eigenvalue weighted by Gasteiger charge is -2.06. The van der Waals surface area contributed by atoms with Gasteiger partial charge in [0.2, 0.25) is 11.9 Å². The Labute approximate surface area is 147 Å². The van der Waals surface area contributed by atoms with Crippen LogP contribution in [0.15, 0.2) is 65.7 Å². The molecule has 5 heteroatoms. The number of benzene rings is 2. The van der Waals surface area contributed by atoms with Gasteiger partial charge >= 0.3 is 0 Å². The van der Waals surface area contributed by atoms with Crippen molar-refractivity contribution in [2.75, 3.05) is 5.32 Å². The summed E-state index contributed by atoms with van der Waals surface area (Å²) in [5.74, 6) is 0.722. The third-order valence-electron chi connectivity index (χ3n) is 3.66. The largest absolute Gasteiger partial charge is 0.369 e. The van der Waals surface area contributed by atoms with Crippen molar-refractivity contribution >= 4 is 17.6 Å². The van der Waals surface area contributed by atoms with Crippen LogP contribution in [-0.2, 0) is 6.42 Å². The van der Waals surface area contributed by atoms with Crippen LogP contribution >= 0.6 is 0 Å². The molecule has 0 spiro atoms. The van der Waals surface area contributed by atoms with Crippen LogP contribution in [0.1, 0.15) is 22.5 Å². The Balaban J connectivity index is 1.68. The number of aliphatic imine (C=N–C) groups is 1. The Hall–Kier alpha value is -3.21. The van der Waals surface area contributed by atoms with E-state index < -0.39 is 0 Å². The van der Waals surface area contributed by atoms with Crippen LogP contribution in [0.25, 0.3) is 0 Å². The van der Waals surface area contributed by atoms with E-state index in [1.807, 2.05) is 38.1 Å². The van der Waals surface area contributed by atoms with Gasteiger partial charge in [-0.25, -0.2) is 15.0 Å². The van der Waals surface area contributed by atoms with Crippen molar-refractivity contribution in [1.82, 2.24) is 9.97 Å². The number of aryl methyl sites for hydroxylation is 2. The molecule has 1 heterocycles. The molecule has 0 atom stereocenters. The third-order valence-corrected chi connectivity index (χ3v) is 3.66. The highest BCUT2D eigenvalue weighted by Crippen LogP contribution is 2.16. The summed E-state index contributed by atoms with van der Waals surface area (Å²) in [6.07, 6.45) is 0.898. The maximum Gasteiger partial charge on any atom is 0.229 e. The smallest absolute Gasteiger partial charge is 0.229 e. The molecule has 0 amide bonds. The molecule has 25 heavy (non-hydrogen) atoms. The van der Waals surface area contributed by atoms with Crippen LogP contribution in [0.2, 0.25) is 0 Å². The van der Waals surface area contributed by atoms with Gasteiger partial charge in [-0.2, -0.15) is 0 Å². The number of nitrogens with zero attached hydrogens (tertiary/aromatic N) is 3. The zero-order chi connectivity index (χ0) is 17.6. The molecule has 2 aromatic carbocycles. The van der Waals surface area contributed by atoms with Gasteiger partial charge in [-0.15, -0.1) is 0 Å². The standard InChI is InChI=1S/C20H21N5/c1-14-12-15(2)23-20(22-14)25-19(21)24-18-10-8-17(9-11-18)13-16-6-4-3-5-7-16/h3-12H,13H2,1-2H3,(H3,21,22,23,24,25). The van der Waals surface area contributed by atoms with E-state index in [1.165, 1.54) is 11.1 Å². The van der Waals surface area contributed by atoms with Gasteiger partial charge in [-0.1, -0.05) is 42.5 Å². The van der Waals surface area contributed by atoms with Crippen molar-refractivity contribution in [2.24, 2.45) is 10.7 Å². The van der Waals surface area contributed by atoms with Gasteiger partial charge in [-0.05, 0) is 49.6 Å². The van der Waals surface area contributed by atoms with Crippen LogP contribution in [0.4, 0.5) is 11.6 Å². The van der Waals surface area contributed by atoms with Crippen LogP contribution in [0.5, 0.6) is 0 Å². The minimum atomic E-state index is 0.265. The Morgan fingerprint density at radius 3 is 2.16 bits per heavy atom. The Bertz CT molecular complexity index is 850. The van der Waals surface area contributed by atoms with Crippen LogP contribution in [0, 0.1) is 13.8 Å². The highest BCUT2D eigenvalue weighted by Gasteiger charge is 2.02. The number of guanidine groups is 1. The van der Waals surface area contributed by atoms with Gasteiger partial charge in [0, 0.05) is 11.4 Å². The van der Waals surface area contributed by atoms with Crippen molar-refractivity contribution < 1.29 is 0 Å². The first-order valence-electron chi connectivity index (χ1n) is 8.15. The number of nitrogens with one attached hydrogen (secondary N) is 1. The number of anilines is 1. The lowest BCUT2D eigenvalue weighted by molar-refractivity contribution is 1.06. The summed E-state index contributed by atoms with van der Waals surface area (Å²) in [7, 11) is 0. The number of nitrogens with two attached hydrogens (primary N) is 1. The van der Waals surface area contributed by atoms with Gasteiger partial charge in [-0.3, -0.25) is 5.32 Å². The summed E-state index contributed by atoms with van der Waals surface area (Å²) < 4.78 is 0. The van der Waals surface area contributed by atoms with Crippen molar-refractivity contribution in [3.63, 3.8) is 0 Å². The molecule has 5 nitrogen and oxygen atoms in total. The molecule has 0 saturated heterocycles. The van der Waals surface area contributed by atoms with Crippen molar-refractivity contribution in [3.8, 4) is 0 Å². The molecule has 0 fully saturated rings. The first-order chi connectivity index (χ1) is 12.1. The normalized spacial score (nSPS) is 11.4. The molecule has 0 aliphatic carbocycles. The number of hydrogen-bond donors (Lipinski definition) is 2. The summed E-state index contributed by atoms with van der Waals surface area (Å²) in [6.45, 7) is 3.83. The van der Waals surface area contributed by atoms with E-state index in [2.05, 4.69) is 56.7 Å². The van der Waals surface area contributed by atoms with E-state index in [4.69, 9.17) is 5.73 Å². The van der Waals surface area contributed by atoms with Crippen molar-refractivity contribution in [1.29, 1.82) is 0 Å². The average Bonchev–Trinajstić information content (AvgIpc) is 2.56. The lowest BCUT2D eigenvalue weighted by atomic mass is 10.1. The van der Waals surface area contributed by atoms with E-state index in [9.17, 15) is 0 Å². The van der Waals surface area contributed by atoms with E-state index in [0.717, 1.165) is 23.5 Å². The first kappa shape index (κ1) is 16.6. The summed E-state index contributed by atoms with van der Waals surface area (Å²) in [4.78, 5) is 13.0. The fourth-order valence-corrected chi connectivity index (χ4v) is 2.58. The number of hydrogen-bond acceptors (Lipinski definition) is 3. The maximum atomic E-state index is 5.96. The molecule has 126 valence electrons. The monoisotopic (exact) mass is 331 g/mol. The van der Waals surface area contributed by atoms with Gasteiger partial charge in [0.25, 0.3) is 0 Å². The lowest BCUT2D eigenvalue weighted by Crippen LogP contribution is -2.23. The Kier molecular flexibility index (Phi) is 5.04.